The lowest BCUT2D eigenvalue weighted by Gasteiger charge is -2.37. The number of rotatable bonds is 6. The Bertz CT molecular complexity index is 535. The van der Waals surface area contributed by atoms with E-state index < -0.39 is 0 Å². The number of ether oxygens (including phenoxy) is 1. The van der Waals surface area contributed by atoms with Crippen molar-refractivity contribution in [2.24, 2.45) is 11.3 Å². The van der Waals surface area contributed by atoms with Gasteiger partial charge in [-0.25, -0.2) is 0 Å². The molecule has 2 N–H and O–H groups in total. The van der Waals surface area contributed by atoms with Crippen molar-refractivity contribution in [2.45, 2.75) is 45.8 Å². The van der Waals surface area contributed by atoms with E-state index in [1.165, 1.54) is 24.8 Å². The van der Waals surface area contributed by atoms with Gasteiger partial charge in [0.1, 0.15) is 0 Å². The fraction of sp³-hybridized carbons (Fsp3) is 0.632. The van der Waals surface area contributed by atoms with Crippen molar-refractivity contribution in [2.75, 3.05) is 19.7 Å². The van der Waals surface area contributed by atoms with E-state index in [4.69, 9.17) is 4.74 Å². The van der Waals surface area contributed by atoms with Crippen LogP contribution in [0.15, 0.2) is 24.3 Å². The van der Waals surface area contributed by atoms with Gasteiger partial charge in [-0.2, -0.15) is 0 Å². The molecule has 0 radical (unpaired) electrons. The van der Waals surface area contributed by atoms with Gasteiger partial charge in [0.15, 0.2) is 0 Å². The molecule has 3 rings (SSSR count). The molecule has 2 fully saturated rings. The Kier molecular flexibility index (Phi) is 7.08. The molecule has 0 bridgehead atoms. The van der Waals surface area contributed by atoms with Crippen LogP contribution in [0.5, 0.6) is 0 Å². The van der Waals surface area contributed by atoms with E-state index >= 15 is 0 Å². The quantitative estimate of drug-likeness (QED) is 0.827. The Balaban J connectivity index is 0.00000208. The molecule has 1 heterocycles. The van der Waals surface area contributed by atoms with Gasteiger partial charge < -0.3 is 15.4 Å². The average Bonchev–Trinajstić information content (AvgIpc) is 3.04. The summed E-state index contributed by atoms with van der Waals surface area (Å²) in [6.07, 6.45) is 4.66. The van der Waals surface area contributed by atoms with Gasteiger partial charge in [0.05, 0.1) is 12.0 Å². The normalized spacial score (nSPS) is 25.6. The Morgan fingerprint density at radius 3 is 2.79 bits per heavy atom. The van der Waals surface area contributed by atoms with Crippen molar-refractivity contribution in [3.8, 4) is 0 Å². The van der Waals surface area contributed by atoms with E-state index in [-0.39, 0.29) is 23.7 Å². The third kappa shape index (κ3) is 4.11. The van der Waals surface area contributed by atoms with Gasteiger partial charge >= 0.3 is 0 Å². The van der Waals surface area contributed by atoms with Crippen LogP contribution in [0.25, 0.3) is 0 Å². The van der Waals surface area contributed by atoms with Crippen LogP contribution in [0.2, 0.25) is 0 Å². The second-order valence-corrected chi connectivity index (χ2v) is 6.87. The van der Waals surface area contributed by atoms with Crippen LogP contribution >= 0.6 is 12.4 Å². The van der Waals surface area contributed by atoms with Gasteiger partial charge in [-0.15, -0.1) is 12.4 Å². The summed E-state index contributed by atoms with van der Waals surface area (Å²) in [5.74, 6) is 0.760. The van der Waals surface area contributed by atoms with E-state index in [2.05, 4.69) is 34.9 Å². The van der Waals surface area contributed by atoms with Crippen LogP contribution in [0.3, 0.4) is 0 Å². The molecule has 4 nitrogen and oxygen atoms in total. The molecular weight excluding hydrogens is 324 g/mol. The Morgan fingerprint density at radius 1 is 1.29 bits per heavy atom. The summed E-state index contributed by atoms with van der Waals surface area (Å²) in [7, 11) is 0. The monoisotopic (exact) mass is 352 g/mol. The van der Waals surface area contributed by atoms with Gasteiger partial charge in [0.25, 0.3) is 0 Å². The summed E-state index contributed by atoms with van der Waals surface area (Å²) in [4.78, 5) is 12.8. The van der Waals surface area contributed by atoms with E-state index in [0.29, 0.717) is 19.1 Å². The molecule has 0 aromatic heterocycles. The highest BCUT2D eigenvalue weighted by Gasteiger charge is 2.49. The molecule has 2 atom stereocenters. The molecule has 1 saturated heterocycles. The number of hydrogen-bond donors (Lipinski definition) is 2. The first-order valence-electron chi connectivity index (χ1n) is 8.89. The standard InChI is InChI=1S/C19H28N2O2.ClH/c1-2-23-13-16-8-6-15(7-9-16)11-21-18(22)19-10-4-3-5-17(19)12-20-14-19;/h6-9,17,20H,2-5,10-14H2,1H3,(H,21,22);1H/t17-,19+;/m0./s1. The number of benzene rings is 1. The first-order valence-corrected chi connectivity index (χ1v) is 8.89. The third-order valence-electron chi connectivity index (χ3n) is 5.44. The number of fused-ring (bicyclic) bond motifs is 1. The van der Waals surface area contributed by atoms with Crippen LogP contribution in [0.1, 0.15) is 43.7 Å². The average molecular weight is 353 g/mol. The van der Waals surface area contributed by atoms with E-state index in [1.54, 1.807) is 0 Å². The molecule has 5 heteroatoms. The Hall–Kier alpha value is -1.10. The van der Waals surface area contributed by atoms with Crippen molar-refractivity contribution >= 4 is 18.3 Å². The van der Waals surface area contributed by atoms with Gasteiger partial charge in [0, 0.05) is 19.7 Å². The highest BCUT2D eigenvalue weighted by Crippen LogP contribution is 2.43. The molecule has 1 saturated carbocycles. The molecule has 1 aliphatic carbocycles. The van der Waals surface area contributed by atoms with Crippen molar-refractivity contribution in [3.05, 3.63) is 35.4 Å². The highest BCUT2D eigenvalue weighted by atomic mass is 35.5. The lowest BCUT2D eigenvalue weighted by atomic mass is 9.67. The van der Waals surface area contributed by atoms with Gasteiger partial charge in [-0.05, 0) is 43.4 Å². The van der Waals surface area contributed by atoms with Crippen molar-refractivity contribution in [3.63, 3.8) is 0 Å². The first-order chi connectivity index (χ1) is 11.2. The number of carbonyl (C=O) groups is 1. The van der Waals surface area contributed by atoms with Crippen LogP contribution < -0.4 is 10.6 Å². The molecule has 1 aromatic rings. The molecule has 1 aliphatic heterocycles. The first kappa shape index (κ1) is 19.2. The summed E-state index contributed by atoms with van der Waals surface area (Å²) in [5, 5.41) is 6.62. The molecule has 0 unspecified atom stereocenters. The summed E-state index contributed by atoms with van der Waals surface area (Å²) in [6, 6.07) is 8.32. The lowest BCUT2D eigenvalue weighted by molar-refractivity contribution is -0.134. The third-order valence-corrected chi connectivity index (χ3v) is 5.44. The second-order valence-electron chi connectivity index (χ2n) is 6.87. The van der Waals surface area contributed by atoms with Crippen LogP contribution in [-0.4, -0.2) is 25.6 Å². The maximum absolute atomic E-state index is 12.8. The molecule has 134 valence electrons. The summed E-state index contributed by atoms with van der Waals surface area (Å²) < 4.78 is 5.41. The number of carbonyl (C=O) groups excluding carboxylic acids is 1. The molecule has 1 amide bonds. The van der Waals surface area contributed by atoms with Crippen molar-refractivity contribution in [1.29, 1.82) is 0 Å². The number of hydrogen-bond acceptors (Lipinski definition) is 3. The zero-order valence-electron chi connectivity index (χ0n) is 14.5. The Morgan fingerprint density at radius 2 is 2.04 bits per heavy atom. The smallest absolute Gasteiger partial charge is 0.228 e. The van der Waals surface area contributed by atoms with Crippen molar-refractivity contribution in [1.82, 2.24) is 10.6 Å². The lowest BCUT2D eigenvalue weighted by Crippen LogP contribution is -2.47. The minimum atomic E-state index is -0.160. The predicted octanol–water partition coefficient (Wildman–Crippen LogP) is 3.04. The molecule has 0 spiro atoms. The maximum Gasteiger partial charge on any atom is 0.228 e. The number of amides is 1. The fourth-order valence-electron chi connectivity index (χ4n) is 4.02. The van der Waals surface area contributed by atoms with Crippen LogP contribution in [0.4, 0.5) is 0 Å². The van der Waals surface area contributed by atoms with E-state index in [9.17, 15) is 4.79 Å². The van der Waals surface area contributed by atoms with Crippen molar-refractivity contribution < 1.29 is 9.53 Å². The minimum Gasteiger partial charge on any atom is -0.377 e. The summed E-state index contributed by atoms with van der Waals surface area (Å²) in [5.41, 5.74) is 2.16. The fourth-order valence-corrected chi connectivity index (χ4v) is 4.02. The minimum absolute atomic E-state index is 0. The Labute approximate surface area is 151 Å². The predicted molar refractivity (Wildman–Crippen MR) is 98.1 cm³/mol. The van der Waals surface area contributed by atoms with E-state index in [1.807, 2.05) is 6.92 Å². The zero-order valence-corrected chi connectivity index (χ0v) is 15.3. The van der Waals surface area contributed by atoms with Gasteiger partial charge in [0.2, 0.25) is 5.91 Å². The van der Waals surface area contributed by atoms with Crippen LogP contribution in [0, 0.1) is 11.3 Å². The van der Waals surface area contributed by atoms with Crippen LogP contribution in [-0.2, 0) is 22.7 Å². The largest absolute Gasteiger partial charge is 0.377 e. The molecule has 2 aliphatic rings. The van der Waals surface area contributed by atoms with Gasteiger partial charge in [-0.3, -0.25) is 4.79 Å². The van der Waals surface area contributed by atoms with E-state index in [0.717, 1.165) is 31.7 Å². The molecule has 24 heavy (non-hydrogen) atoms. The second kappa shape index (κ2) is 8.84. The summed E-state index contributed by atoms with van der Waals surface area (Å²) >= 11 is 0. The zero-order chi connectivity index (χ0) is 16.1. The summed E-state index contributed by atoms with van der Waals surface area (Å²) in [6.45, 7) is 5.84. The SMILES string of the molecule is CCOCc1ccc(CNC(=O)[C@@]23CCCC[C@H]2CNC3)cc1.Cl. The number of nitrogens with one attached hydrogen (secondary N) is 2. The topological polar surface area (TPSA) is 50.4 Å². The highest BCUT2D eigenvalue weighted by molar-refractivity contribution is 5.85. The maximum atomic E-state index is 12.8. The van der Waals surface area contributed by atoms with Gasteiger partial charge in [-0.1, -0.05) is 37.1 Å². The number of halogens is 1. The molecule has 1 aromatic carbocycles. The molecular formula is C19H29ClN2O2.